The molecule has 104 valence electrons. The van der Waals surface area contributed by atoms with E-state index in [2.05, 4.69) is 6.92 Å². The van der Waals surface area contributed by atoms with Gasteiger partial charge in [0.25, 0.3) is 0 Å². The van der Waals surface area contributed by atoms with Crippen molar-refractivity contribution >= 4 is 12.2 Å². The van der Waals surface area contributed by atoms with Crippen molar-refractivity contribution in [1.82, 2.24) is 0 Å². The van der Waals surface area contributed by atoms with Crippen LogP contribution in [-0.4, -0.2) is 10.2 Å². The lowest BCUT2D eigenvalue weighted by atomic mass is 9.95. The van der Waals surface area contributed by atoms with Gasteiger partial charge in [-0.2, -0.15) is 0 Å². The number of rotatable bonds is 4. The van der Waals surface area contributed by atoms with E-state index in [1.165, 1.54) is 0 Å². The first-order valence-corrected chi connectivity index (χ1v) is 6.97. The molecule has 20 heavy (non-hydrogen) atoms. The minimum atomic E-state index is -0.0493. The molecule has 2 nitrogen and oxygen atoms in total. The molecule has 2 heteroatoms. The zero-order valence-corrected chi connectivity index (χ0v) is 11.9. The highest BCUT2D eigenvalue weighted by atomic mass is 16.3. The van der Waals surface area contributed by atoms with E-state index < -0.39 is 0 Å². The van der Waals surface area contributed by atoms with Crippen molar-refractivity contribution in [3.63, 3.8) is 0 Å². The normalized spacial score (nSPS) is 11.1. The van der Waals surface area contributed by atoms with Crippen LogP contribution in [0.15, 0.2) is 36.4 Å². The van der Waals surface area contributed by atoms with Crippen molar-refractivity contribution in [2.24, 2.45) is 0 Å². The maximum atomic E-state index is 9.95. The minimum absolute atomic E-state index is 0.0150. The van der Waals surface area contributed by atoms with E-state index in [1.807, 2.05) is 49.4 Å². The Labute approximate surface area is 120 Å². The molecule has 0 radical (unpaired) electrons. The zero-order valence-electron chi connectivity index (χ0n) is 11.9. The molecule has 0 aliphatic rings. The van der Waals surface area contributed by atoms with Crippen LogP contribution in [0.5, 0.6) is 11.5 Å². The number of phenols is 2. The van der Waals surface area contributed by atoms with Gasteiger partial charge >= 0.3 is 0 Å². The van der Waals surface area contributed by atoms with Crippen LogP contribution < -0.4 is 0 Å². The van der Waals surface area contributed by atoms with Gasteiger partial charge < -0.3 is 10.2 Å². The molecule has 2 rings (SSSR count). The third-order valence-electron chi connectivity index (χ3n) is 3.50. The highest BCUT2D eigenvalue weighted by molar-refractivity contribution is 5.74. The van der Waals surface area contributed by atoms with Gasteiger partial charge in [-0.3, -0.25) is 0 Å². The van der Waals surface area contributed by atoms with Gasteiger partial charge in [0.2, 0.25) is 0 Å². The van der Waals surface area contributed by atoms with Crippen molar-refractivity contribution in [3.8, 4) is 11.5 Å². The lowest BCUT2D eigenvalue weighted by molar-refractivity contribution is 0.399. The Morgan fingerprint density at radius 2 is 1.55 bits per heavy atom. The van der Waals surface area contributed by atoms with Gasteiger partial charge in [0.1, 0.15) is 0 Å². The quantitative estimate of drug-likeness (QED) is 0.637. The Balaban J connectivity index is 2.46. The first-order valence-electron chi connectivity index (χ1n) is 6.97. The number of benzene rings is 2. The second kappa shape index (κ2) is 6.29. The van der Waals surface area contributed by atoms with Crippen LogP contribution in [0.4, 0.5) is 0 Å². The molecule has 0 bridgehead atoms. The maximum Gasteiger partial charge on any atom is 0.160 e. The molecule has 2 N–H and O–H groups in total. The number of phenolic OH excluding ortho intramolecular Hbond substituents is 2. The minimum Gasteiger partial charge on any atom is -0.504 e. The molecule has 0 unspecified atom stereocenters. The molecule has 0 saturated carbocycles. The molecule has 0 atom stereocenters. The summed E-state index contributed by atoms with van der Waals surface area (Å²) in [5, 5.41) is 19.8. The molecule has 2 aromatic carbocycles. The number of hydrogen-bond acceptors (Lipinski definition) is 2. The Morgan fingerprint density at radius 1 is 0.900 bits per heavy atom. The van der Waals surface area contributed by atoms with Crippen molar-refractivity contribution in [1.29, 1.82) is 0 Å². The molecule has 0 fully saturated rings. The zero-order chi connectivity index (χ0) is 14.5. The Kier molecular flexibility index (Phi) is 4.46. The van der Waals surface area contributed by atoms with Crippen LogP contribution >= 0.6 is 0 Å². The van der Waals surface area contributed by atoms with Gasteiger partial charge in [-0.15, -0.1) is 0 Å². The monoisotopic (exact) mass is 268 g/mol. The summed E-state index contributed by atoms with van der Waals surface area (Å²) in [7, 11) is 0. The van der Waals surface area contributed by atoms with Crippen LogP contribution in [0.1, 0.15) is 36.1 Å². The summed E-state index contributed by atoms with van der Waals surface area (Å²) < 4.78 is 0. The Hall–Kier alpha value is -2.22. The topological polar surface area (TPSA) is 40.5 Å². The number of hydrogen-bond donors (Lipinski definition) is 2. The fourth-order valence-electron chi connectivity index (χ4n) is 2.47. The second-order valence-electron chi connectivity index (χ2n) is 4.74. The molecular formula is C18H20O2. The fourth-order valence-corrected chi connectivity index (χ4v) is 2.47. The van der Waals surface area contributed by atoms with Gasteiger partial charge in [-0.1, -0.05) is 56.3 Å². The Morgan fingerprint density at radius 3 is 2.15 bits per heavy atom. The van der Waals surface area contributed by atoms with Crippen LogP contribution in [0.2, 0.25) is 0 Å². The van der Waals surface area contributed by atoms with Gasteiger partial charge in [0.05, 0.1) is 0 Å². The largest absolute Gasteiger partial charge is 0.504 e. The standard InChI is InChI=1S/C18H20O2/c1-3-15-14(11-10-13-8-6-5-7-9-13)12-17(19)18(20)16(15)4-2/h5-12,19-20H,3-4H2,1-2H3/b11-10+. The van der Waals surface area contributed by atoms with Gasteiger partial charge in [-0.25, -0.2) is 0 Å². The van der Waals surface area contributed by atoms with E-state index >= 15 is 0 Å². The SMILES string of the molecule is CCc1c(/C=C/c2ccccc2)cc(O)c(O)c1CC. The van der Waals surface area contributed by atoms with E-state index in [0.29, 0.717) is 6.42 Å². The van der Waals surface area contributed by atoms with Gasteiger partial charge in [0, 0.05) is 5.56 Å². The average Bonchev–Trinajstić information content (AvgIpc) is 2.48. The molecule has 2 aromatic rings. The van der Waals surface area contributed by atoms with E-state index in [1.54, 1.807) is 6.07 Å². The van der Waals surface area contributed by atoms with Crippen molar-refractivity contribution in [2.45, 2.75) is 26.7 Å². The third-order valence-corrected chi connectivity index (χ3v) is 3.50. The van der Waals surface area contributed by atoms with E-state index in [0.717, 1.165) is 28.7 Å². The number of aromatic hydroxyl groups is 2. The molecule has 0 spiro atoms. The smallest absolute Gasteiger partial charge is 0.160 e. The van der Waals surface area contributed by atoms with E-state index in [-0.39, 0.29) is 11.5 Å². The molecule has 0 amide bonds. The molecule has 0 heterocycles. The molecule has 0 aliphatic carbocycles. The Bertz CT molecular complexity index is 613. The summed E-state index contributed by atoms with van der Waals surface area (Å²) in [6.07, 6.45) is 5.54. The molecule has 0 aromatic heterocycles. The van der Waals surface area contributed by atoms with Crippen molar-refractivity contribution in [2.75, 3.05) is 0 Å². The van der Waals surface area contributed by atoms with Crippen molar-refractivity contribution < 1.29 is 10.2 Å². The third kappa shape index (κ3) is 2.85. The van der Waals surface area contributed by atoms with Crippen LogP contribution in [0.25, 0.3) is 12.2 Å². The summed E-state index contributed by atoms with van der Waals surface area (Å²) in [6.45, 7) is 4.04. The summed E-state index contributed by atoms with van der Waals surface area (Å²) >= 11 is 0. The predicted octanol–water partition coefficient (Wildman–Crippen LogP) is 4.39. The predicted molar refractivity (Wildman–Crippen MR) is 83.9 cm³/mol. The molecule has 0 aliphatic heterocycles. The summed E-state index contributed by atoms with van der Waals surface area (Å²) in [6, 6.07) is 11.7. The van der Waals surface area contributed by atoms with E-state index in [9.17, 15) is 10.2 Å². The highest BCUT2D eigenvalue weighted by Crippen LogP contribution is 2.35. The lowest BCUT2D eigenvalue weighted by Gasteiger charge is -2.13. The molecular weight excluding hydrogens is 248 g/mol. The first-order chi connectivity index (χ1) is 9.67. The fraction of sp³-hybridized carbons (Fsp3) is 0.222. The van der Waals surface area contributed by atoms with Gasteiger partial charge in [-0.05, 0) is 35.6 Å². The second-order valence-corrected chi connectivity index (χ2v) is 4.74. The van der Waals surface area contributed by atoms with Crippen LogP contribution in [0, 0.1) is 0 Å². The first kappa shape index (κ1) is 14.2. The average molecular weight is 268 g/mol. The summed E-state index contributed by atoms with van der Waals surface area (Å²) in [5.74, 6) is -0.0343. The van der Waals surface area contributed by atoms with Crippen molar-refractivity contribution in [3.05, 3.63) is 58.7 Å². The van der Waals surface area contributed by atoms with E-state index in [4.69, 9.17) is 0 Å². The summed E-state index contributed by atoms with van der Waals surface area (Å²) in [5.41, 5.74) is 4.00. The van der Waals surface area contributed by atoms with Crippen LogP contribution in [0.3, 0.4) is 0 Å². The maximum absolute atomic E-state index is 9.95. The van der Waals surface area contributed by atoms with Gasteiger partial charge in [0.15, 0.2) is 11.5 Å². The van der Waals surface area contributed by atoms with Crippen LogP contribution in [-0.2, 0) is 12.8 Å². The summed E-state index contributed by atoms with van der Waals surface area (Å²) in [4.78, 5) is 0. The lowest BCUT2D eigenvalue weighted by Crippen LogP contribution is -1.96. The molecule has 0 saturated heterocycles. The highest BCUT2D eigenvalue weighted by Gasteiger charge is 2.13.